The number of morpholine rings is 1. The fraction of sp³-hybridized carbons (Fsp3) is 0.450. The molecule has 2 aliphatic heterocycles. The maximum Gasteiger partial charge on any atom is 0.350 e. The molecule has 0 unspecified atom stereocenters. The van der Waals surface area contributed by atoms with E-state index in [1.54, 1.807) is 0 Å². The standard InChI is InChI=1S/C20H23N5O4/c1-27-19(26)20(4-5-20)29-13-2-3-15-14(10-13)18(24-23-15)16-11-17(22-12-21-16)25-6-8-28-9-7-25/h2-3,10-11,21H,4-9,12H2,1H3,(H,23,24). The number of nitrogens with zero attached hydrogens (tertiary/aromatic N) is 3. The van der Waals surface area contributed by atoms with E-state index in [0.717, 1.165) is 41.2 Å². The molecule has 9 nitrogen and oxygen atoms in total. The van der Waals surface area contributed by atoms with Crippen LogP contribution in [-0.2, 0) is 14.3 Å². The van der Waals surface area contributed by atoms with Gasteiger partial charge in [-0.05, 0) is 18.2 Å². The fourth-order valence-electron chi connectivity index (χ4n) is 3.70. The molecule has 1 saturated heterocycles. The van der Waals surface area contributed by atoms with Crippen LogP contribution in [0, 0.1) is 0 Å². The van der Waals surface area contributed by atoms with Gasteiger partial charge in [0.2, 0.25) is 5.60 Å². The number of amidine groups is 1. The van der Waals surface area contributed by atoms with E-state index in [1.165, 1.54) is 7.11 Å². The first-order valence-corrected chi connectivity index (χ1v) is 9.77. The number of fused-ring (bicyclic) bond motifs is 1. The van der Waals surface area contributed by atoms with Gasteiger partial charge in [-0.25, -0.2) is 9.79 Å². The van der Waals surface area contributed by atoms with Gasteiger partial charge in [0.15, 0.2) is 0 Å². The zero-order valence-electron chi connectivity index (χ0n) is 16.2. The number of hydrogen-bond acceptors (Lipinski definition) is 8. The third-order valence-electron chi connectivity index (χ3n) is 5.48. The average molecular weight is 397 g/mol. The van der Waals surface area contributed by atoms with E-state index in [-0.39, 0.29) is 5.97 Å². The molecule has 0 atom stereocenters. The van der Waals surface area contributed by atoms with Crippen molar-refractivity contribution in [3.05, 3.63) is 30.0 Å². The second-order valence-electron chi connectivity index (χ2n) is 7.38. The predicted octanol–water partition coefficient (Wildman–Crippen LogP) is 1.28. The third-order valence-corrected chi connectivity index (χ3v) is 5.48. The largest absolute Gasteiger partial charge is 0.476 e. The van der Waals surface area contributed by atoms with Crippen molar-refractivity contribution in [1.29, 1.82) is 0 Å². The van der Waals surface area contributed by atoms with Crippen molar-refractivity contribution in [2.24, 2.45) is 4.99 Å². The van der Waals surface area contributed by atoms with E-state index in [1.807, 2.05) is 24.3 Å². The van der Waals surface area contributed by atoms with Crippen LogP contribution in [-0.4, -0.2) is 72.6 Å². The molecule has 5 rings (SSSR count). The average Bonchev–Trinajstić information content (AvgIpc) is 3.44. The third kappa shape index (κ3) is 3.31. The number of hydrogen-bond donors (Lipinski definition) is 2. The quantitative estimate of drug-likeness (QED) is 0.750. The first-order valence-electron chi connectivity index (χ1n) is 9.77. The summed E-state index contributed by atoms with van der Waals surface area (Å²) in [5.41, 5.74) is 1.76. The van der Waals surface area contributed by atoms with E-state index >= 15 is 0 Å². The summed E-state index contributed by atoms with van der Waals surface area (Å²) in [5.74, 6) is 1.24. The number of methoxy groups -OCH3 is 1. The minimum Gasteiger partial charge on any atom is -0.476 e. The highest BCUT2D eigenvalue weighted by Gasteiger charge is 2.54. The van der Waals surface area contributed by atoms with Crippen molar-refractivity contribution in [1.82, 2.24) is 20.4 Å². The summed E-state index contributed by atoms with van der Waals surface area (Å²) in [6.45, 7) is 3.58. The van der Waals surface area contributed by atoms with Crippen LogP contribution in [0.5, 0.6) is 5.75 Å². The molecule has 0 amide bonds. The van der Waals surface area contributed by atoms with Gasteiger partial charge in [-0.3, -0.25) is 5.10 Å². The molecule has 152 valence electrons. The molecular weight excluding hydrogens is 374 g/mol. The molecule has 0 bridgehead atoms. The number of nitrogens with one attached hydrogen (secondary N) is 2. The monoisotopic (exact) mass is 397 g/mol. The Hall–Kier alpha value is -3.07. The lowest BCUT2D eigenvalue weighted by Gasteiger charge is -2.30. The van der Waals surface area contributed by atoms with E-state index in [4.69, 9.17) is 14.2 Å². The highest BCUT2D eigenvalue weighted by atomic mass is 16.6. The first-order chi connectivity index (χ1) is 14.2. The lowest BCUT2D eigenvalue weighted by Crippen LogP contribution is -2.41. The van der Waals surface area contributed by atoms with Crippen LogP contribution in [0.2, 0.25) is 0 Å². The topological polar surface area (TPSA) is 101 Å². The second-order valence-corrected chi connectivity index (χ2v) is 7.38. The van der Waals surface area contributed by atoms with Crippen molar-refractivity contribution in [2.45, 2.75) is 18.4 Å². The number of rotatable bonds is 4. The molecule has 2 fully saturated rings. The summed E-state index contributed by atoms with van der Waals surface area (Å²) in [6, 6.07) is 5.67. The van der Waals surface area contributed by atoms with Crippen molar-refractivity contribution < 1.29 is 19.0 Å². The molecule has 1 aromatic heterocycles. The number of carbonyl (C=O) groups is 1. The number of aromatic nitrogens is 2. The number of benzene rings is 1. The number of carbonyl (C=O) groups excluding carboxylic acids is 1. The van der Waals surface area contributed by atoms with Gasteiger partial charge in [0.05, 0.1) is 31.5 Å². The Morgan fingerprint density at radius 1 is 1.28 bits per heavy atom. The summed E-state index contributed by atoms with van der Waals surface area (Å²) < 4.78 is 16.3. The van der Waals surface area contributed by atoms with Gasteiger partial charge < -0.3 is 24.4 Å². The van der Waals surface area contributed by atoms with Crippen LogP contribution < -0.4 is 10.1 Å². The number of esters is 1. The van der Waals surface area contributed by atoms with Crippen LogP contribution in [0.1, 0.15) is 18.5 Å². The number of ether oxygens (including phenoxy) is 3. The van der Waals surface area contributed by atoms with Crippen molar-refractivity contribution in [2.75, 3.05) is 40.1 Å². The normalized spacial score (nSPS) is 20.5. The molecule has 3 aliphatic rings. The Labute approximate surface area is 167 Å². The summed E-state index contributed by atoms with van der Waals surface area (Å²) in [6.07, 6.45) is 3.36. The molecular formula is C20H23N5O4. The fourth-order valence-corrected chi connectivity index (χ4v) is 3.70. The molecule has 1 saturated carbocycles. The number of aliphatic imine (C=N–C) groups is 1. The molecule has 2 N–H and O–H groups in total. The number of H-pyrrole nitrogens is 1. The minimum absolute atomic E-state index is 0.326. The first kappa shape index (κ1) is 18.0. The Morgan fingerprint density at radius 3 is 2.86 bits per heavy atom. The highest BCUT2D eigenvalue weighted by Crippen LogP contribution is 2.42. The van der Waals surface area contributed by atoms with Crippen molar-refractivity contribution >= 4 is 28.4 Å². The van der Waals surface area contributed by atoms with Crippen LogP contribution >= 0.6 is 0 Å². The van der Waals surface area contributed by atoms with Crippen molar-refractivity contribution in [3.8, 4) is 5.75 Å². The van der Waals surface area contributed by atoms with Gasteiger partial charge in [-0.15, -0.1) is 0 Å². The molecule has 29 heavy (non-hydrogen) atoms. The summed E-state index contributed by atoms with van der Waals surface area (Å²) in [7, 11) is 1.39. The van der Waals surface area contributed by atoms with Crippen LogP contribution in [0.4, 0.5) is 0 Å². The van der Waals surface area contributed by atoms with E-state index in [0.29, 0.717) is 38.5 Å². The van der Waals surface area contributed by atoms with Gasteiger partial charge in [-0.1, -0.05) is 0 Å². The Morgan fingerprint density at radius 2 is 2.10 bits per heavy atom. The second kappa shape index (κ2) is 7.07. The zero-order chi connectivity index (χ0) is 19.8. The minimum atomic E-state index is -0.842. The molecule has 2 aromatic rings. The van der Waals surface area contributed by atoms with E-state index in [2.05, 4.69) is 25.4 Å². The molecule has 9 heteroatoms. The Bertz CT molecular complexity index is 1000. The Kier molecular flexibility index (Phi) is 4.39. The van der Waals surface area contributed by atoms with Gasteiger partial charge in [0.1, 0.15) is 23.9 Å². The molecule has 1 aliphatic carbocycles. The van der Waals surface area contributed by atoms with Gasteiger partial charge in [0.25, 0.3) is 0 Å². The Balaban J connectivity index is 1.44. The highest BCUT2D eigenvalue weighted by molar-refractivity contribution is 6.03. The maximum atomic E-state index is 12.0. The van der Waals surface area contributed by atoms with Gasteiger partial charge in [0, 0.05) is 37.4 Å². The van der Waals surface area contributed by atoms with Crippen LogP contribution in [0.15, 0.2) is 29.3 Å². The molecule has 3 heterocycles. The van der Waals surface area contributed by atoms with Gasteiger partial charge >= 0.3 is 5.97 Å². The lowest BCUT2D eigenvalue weighted by atomic mass is 10.1. The number of aromatic amines is 1. The lowest BCUT2D eigenvalue weighted by molar-refractivity contribution is -0.151. The summed E-state index contributed by atoms with van der Waals surface area (Å²) >= 11 is 0. The SMILES string of the molecule is COC(=O)C1(Oc2ccc3[nH]nc(C4=CC(N5CCOCC5)=NCN4)c3c2)CC1. The molecule has 0 spiro atoms. The molecule has 1 aromatic carbocycles. The summed E-state index contributed by atoms with van der Waals surface area (Å²) in [4.78, 5) is 18.8. The zero-order valence-corrected chi connectivity index (χ0v) is 16.2. The van der Waals surface area contributed by atoms with Crippen LogP contribution in [0.3, 0.4) is 0 Å². The van der Waals surface area contributed by atoms with Crippen molar-refractivity contribution in [3.63, 3.8) is 0 Å². The van der Waals surface area contributed by atoms with Gasteiger partial charge in [-0.2, -0.15) is 5.10 Å². The maximum absolute atomic E-state index is 12.0. The van der Waals surface area contributed by atoms with Crippen LogP contribution in [0.25, 0.3) is 16.6 Å². The predicted molar refractivity (Wildman–Crippen MR) is 107 cm³/mol. The molecule has 0 radical (unpaired) electrons. The smallest absolute Gasteiger partial charge is 0.350 e. The van der Waals surface area contributed by atoms with E-state index < -0.39 is 5.60 Å². The van der Waals surface area contributed by atoms with E-state index in [9.17, 15) is 4.79 Å². The summed E-state index contributed by atoms with van der Waals surface area (Å²) in [5, 5.41) is 11.8.